The average molecular weight is 328 g/mol. The zero-order valence-electron chi connectivity index (χ0n) is 14.2. The van der Waals surface area contributed by atoms with E-state index in [4.69, 9.17) is 0 Å². The molecule has 0 heteroatoms. The first-order valence-electron chi connectivity index (χ1n) is 9.05. The third-order valence-corrected chi connectivity index (χ3v) is 5.58. The van der Waals surface area contributed by atoms with Crippen LogP contribution in [0.25, 0.3) is 54.9 Å². The minimum absolute atomic E-state index is 1.28. The van der Waals surface area contributed by atoms with Gasteiger partial charge in [0.05, 0.1) is 0 Å². The minimum Gasteiger partial charge on any atom is -0.0622 e. The Kier molecular flexibility index (Phi) is 2.70. The molecule has 0 heterocycles. The second kappa shape index (κ2) is 5.06. The number of fused-ring (bicyclic) bond motifs is 4. The molecule has 0 saturated heterocycles. The molecule has 1 aliphatic carbocycles. The predicted octanol–water partition coefficient (Wildman–Crippen LogP) is 7.31. The van der Waals surface area contributed by atoms with Crippen molar-refractivity contribution in [1.29, 1.82) is 0 Å². The second-order valence-electron chi connectivity index (χ2n) is 6.97. The highest BCUT2D eigenvalue weighted by Crippen LogP contribution is 2.53. The van der Waals surface area contributed by atoms with Gasteiger partial charge in [0.25, 0.3) is 0 Å². The van der Waals surface area contributed by atoms with E-state index in [0.717, 1.165) is 0 Å². The van der Waals surface area contributed by atoms with E-state index in [1.807, 2.05) is 0 Å². The van der Waals surface area contributed by atoms with Gasteiger partial charge in [-0.25, -0.2) is 0 Å². The quantitative estimate of drug-likeness (QED) is 0.297. The Morgan fingerprint density at radius 2 is 1.12 bits per heavy atom. The third-order valence-electron chi connectivity index (χ3n) is 5.58. The molecule has 1 aliphatic rings. The lowest BCUT2D eigenvalue weighted by Crippen LogP contribution is -1.88. The van der Waals surface area contributed by atoms with E-state index < -0.39 is 0 Å². The van der Waals surface area contributed by atoms with Crippen molar-refractivity contribution in [3.63, 3.8) is 0 Å². The van der Waals surface area contributed by atoms with Gasteiger partial charge in [-0.1, -0.05) is 91.0 Å². The van der Waals surface area contributed by atoms with E-state index in [9.17, 15) is 0 Å². The number of hydrogen-bond acceptors (Lipinski definition) is 0. The number of rotatable bonds is 1. The van der Waals surface area contributed by atoms with E-state index >= 15 is 0 Å². The van der Waals surface area contributed by atoms with Gasteiger partial charge in [-0.2, -0.15) is 0 Å². The standard InChI is InChI=1S/C26H16/c1-2-8-18(9-3-1)25-20-13-5-4-10-19(20)16-23-21-14-6-11-17-12-7-15-22(24(17)21)26(23)25/h1-16H. The Bertz CT molecular complexity index is 1310. The molecule has 6 rings (SSSR count). The zero-order chi connectivity index (χ0) is 17.1. The van der Waals surface area contributed by atoms with Crippen LogP contribution in [-0.4, -0.2) is 0 Å². The fourth-order valence-electron chi connectivity index (χ4n) is 4.52. The first kappa shape index (κ1) is 13.9. The van der Waals surface area contributed by atoms with Crippen molar-refractivity contribution < 1.29 is 0 Å². The molecule has 0 nitrogen and oxygen atoms in total. The fourth-order valence-corrected chi connectivity index (χ4v) is 4.52. The predicted molar refractivity (Wildman–Crippen MR) is 111 cm³/mol. The Labute approximate surface area is 152 Å². The van der Waals surface area contributed by atoms with Crippen LogP contribution in [-0.2, 0) is 0 Å². The molecule has 0 spiro atoms. The Hall–Kier alpha value is -3.38. The summed E-state index contributed by atoms with van der Waals surface area (Å²) in [4.78, 5) is 0. The summed E-state index contributed by atoms with van der Waals surface area (Å²) in [7, 11) is 0. The molecule has 0 radical (unpaired) electrons. The monoisotopic (exact) mass is 328 g/mol. The van der Waals surface area contributed by atoms with Crippen LogP contribution in [0, 0.1) is 0 Å². The van der Waals surface area contributed by atoms with Crippen molar-refractivity contribution >= 4 is 21.5 Å². The van der Waals surface area contributed by atoms with Crippen molar-refractivity contribution in [1.82, 2.24) is 0 Å². The first-order chi connectivity index (χ1) is 12.9. The number of benzene rings is 5. The first-order valence-corrected chi connectivity index (χ1v) is 9.05. The van der Waals surface area contributed by atoms with Crippen molar-refractivity contribution in [2.45, 2.75) is 0 Å². The van der Waals surface area contributed by atoms with Crippen LogP contribution in [0.1, 0.15) is 0 Å². The van der Waals surface area contributed by atoms with Gasteiger partial charge in [0.2, 0.25) is 0 Å². The molecule has 5 aromatic rings. The van der Waals surface area contributed by atoms with Crippen LogP contribution in [0.2, 0.25) is 0 Å². The zero-order valence-corrected chi connectivity index (χ0v) is 14.2. The second-order valence-corrected chi connectivity index (χ2v) is 6.97. The summed E-state index contributed by atoms with van der Waals surface area (Å²) < 4.78 is 0. The number of hydrogen-bond donors (Lipinski definition) is 0. The third kappa shape index (κ3) is 1.74. The summed E-state index contributed by atoms with van der Waals surface area (Å²) >= 11 is 0. The van der Waals surface area contributed by atoms with Crippen LogP contribution in [0.4, 0.5) is 0 Å². The summed E-state index contributed by atoms with van der Waals surface area (Å²) in [6.45, 7) is 0. The lowest BCUT2D eigenvalue weighted by Gasteiger charge is -2.15. The van der Waals surface area contributed by atoms with E-state index in [0.29, 0.717) is 0 Å². The highest BCUT2D eigenvalue weighted by atomic mass is 14.3. The molecular formula is C26H16. The van der Waals surface area contributed by atoms with Crippen LogP contribution < -0.4 is 0 Å². The molecule has 0 aliphatic heterocycles. The van der Waals surface area contributed by atoms with Gasteiger partial charge in [0, 0.05) is 0 Å². The summed E-state index contributed by atoms with van der Waals surface area (Å²) in [5, 5.41) is 5.33. The molecule has 0 unspecified atom stereocenters. The Morgan fingerprint density at radius 3 is 1.96 bits per heavy atom. The van der Waals surface area contributed by atoms with Gasteiger partial charge in [-0.15, -0.1) is 0 Å². The lowest BCUT2D eigenvalue weighted by atomic mass is 9.88. The summed E-state index contributed by atoms with van der Waals surface area (Å²) in [6.07, 6.45) is 0. The highest BCUT2D eigenvalue weighted by molar-refractivity contribution is 6.22. The Balaban J connectivity index is 1.87. The molecule has 0 amide bonds. The molecule has 0 N–H and O–H groups in total. The van der Waals surface area contributed by atoms with Crippen LogP contribution in [0.5, 0.6) is 0 Å². The maximum absolute atomic E-state index is 2.37. The van der Waals surface area contributed by atoms with Crippen molar-refractivity contribution in [2.24, 2.45) is 0 Å². The summed E-state index contributed by atoms with van der Waals surface area (Å²) in [5.74, 6) is 0. The molecule has 0 saturated carbocycles. The Morgan fingerprint density at radius 1 is 0.423 bits per heavy atom. The molecule has 0 aromatic heterocycles. The average Bonchev–Trinajstić information content (AvgIpc) is 3.03. The van der Waals surface area contributed by atoms with E-state index in [1.54, 1.807) is 0 Å². The van der Waals surface area contributed by atoms with Gasteiger partial charge >= 0.3 is 0 Å². The molecule has 5 aromatic carbocycles. The molecule has 0 atom stereocenters. The maximum Gasteiger partial charge on any atom is -0.00137 e. The smallest absolute Gasteiger partial charge is 0.00137 e. The summed E-state index contributed by atoms with van der Waals surface area (Å²) in [6, 6.07) is 35.3. The molecular weight excluding hydrogens is 312 g/mol. The van der Waals surface area contributed by atoms with Crippen molar-refractivity contribution in [3.8, 4) is 33.4 Å². The lowest BCUT2D eigenvalue weighted by molar-refractivity contribution is 1.65. The molecule has 0 bridgehead atoms. The molecule has 0 fully saturated rings. The van der Waals surface area contributed by atoms with E-state index in [2.05, 4.69) is 97.1 Å². The largest absolute Gasteiger partial charge is 0.0622 e. The van der Waals surface area contributed by atoms with Crippen molar-refractivity contribution in [2.75, 3.05) is 0 Å². The van der Waals surface area contributed by atoms with Gasteiger partial charge < -0.3 is 0 Å². The SMILES string of the molecule is c1ccc(-c2c3c(cc4ccccc24)-c2cccc4cccc-3c24)cc1. The topological polar surface area (TPSA) is 0 Å². The van der Waals surface area contributed by atoms with Crippen LogP contribution >= 0.6 is 0 Å². The van der Waals surface area contributed by atoms with Crippen LogP contribution in [0.15, 0.2) is 97.1 Å². The highest BCUT2D eigenvalue weighted by Gasteiger charge is 2.25. The van der Waals surface area contributed by atoms with Crippen LogP contribution in [0.3, 0.4) is 0 Å². The molecule has 120 valence electrons. The summed E-state index contributed by atoms with van der Waals surface area (Å²) in [5.41, 5.74) is 8.08. The minimum atomic E-state index is 1.28. The van der Waals surface area contributed by atoms with E-state index in [-0.39, 0.29) is 0 Å². The van der Waals surface area contributed by atoms with E-state index in [1.165, 1.54) is 54.9 Å². The van der Waals surface area contributed by atoms with Gasteiger partial charge in [-0.3, -0.25) is 0 Å². The molecule has 26 heavy (non-hydrogen) atoms. The van der Waals surface area contributed by atoms with Gasteiger partial charge in [0.1, 0.15) is 0 Å². The van der Waals surface area contributed by atoms with Crippen molar-refractivity contribution in [3.05, 3.63) is 97.1 Å². The van der Waals surface area contributed by atoms with Gasteiger partial charge in [-0.05, 0) is 61.0 Å². The normalized spacial score (nSPS) is 11.8. The van der Waals surface area contributed by atoms with Gasteiger partial charge in [0.15, 0.2) is 0 Å². The maximum atomic E-state index is 2.37. The fraction of sp³-hybridized carbons (Fsp3) is 0.